The monoisotopic (exact) mass is 473 g/mol. The first-order chi connectivity index (χ1) is 15.3. The lowest BCUT2D eigenvalue weighted by Gasteiger charge is -2.10. The minimum absolute atomic E-state index is 0.0128. The molecule has 0 spiro atoms. The van der Waals surface area contributed by atoms with Gasteiger partial charge in [-0.3, -0.25) is 0 Å². The maximum Gasteiger partial charge on any atom is 0.416 e. The van der Waals surface area contributed by atoms with E-state index in [1.54, 1.807) is 35.7 Å². The molecule has 160 valence electrons. The van der Waals surface area contributed by atoms with E-state index in [0.717, 1.165) is 29.5 Å². The average Bonchev–Trinajstić information content (AvgIpc) is 3.23. The van der Waals surface area contributed by atoms with Crippen molar-refractivity contribution >= 4 is 45.2 Å². The maximum atomic E-state index is 12.9. The highest BCUT2D eigenvalue weighted by atomic mass is 35.5. The standard InChI is InChI=1S/C22H11ClF3N3O2S/c23-16-6-5-14(22(24,25)26)8-17(16)28-10-13(9-27)20-29-18(11-32-20)15-7-12-3-1-2-4-19(12)31-21(15)30/h1-8,10-11,28H. The van der Waals surface area contributed by atoms with E-state index >= 15 is 0 Å². The van der Waals surface area contributed by atoms with Gasteiger partial charge in [0.15, 0.2) is 0 Å². The van der Waals surface area contributed by atoms with E-state index in [-0.39, 0.29) is 26.9 Å². The number of aromatic nitrogens is 1. The summed E-state index contributed by atoms with van der Waals surface area (Å²) in [6.07, 6.45) is -3.32. The number of hydrogen-bond donors (Lipinski definition) is 1. The molecule has 0 aliphatic heterocycles. The second-order valence-corrected chi connectivity index (χ2v) is 7.80. The summed E-state index contributed by atoms with van der Waals surface area (Å²) < 4.78 is 44.1. The number of alkyl halides is 3. The predicted molar refractivity (Wildman–Crippen MR) is 117 cm³/mol. The van der Waals surface area contributed by atoms with Crippen LogP contribution in [-0.2, 0) is 6.18 Å². The number of rotatable bonds is 4. The molecule has 0 amide bonds. The van der Waals surface area contributed by atoms with Crippen molar-refractivity contribution in [1.29, 1.82) is 5.26 Å². The molecule has 0 fully saturated rings. The van der Waals surface area contributed by atoms with Crippen LogP contribution in [0.3, 0.4) is 0 Å². The molecule has 10 heteroatoms. The number of allylic oxidation sites excluding steroid dienone is 1. The summed E-state index contributed by atoms with van der Waals surface area (Å²) in [4.78, 5) is 16.7. The van der Waals surface area contributed by atoms with Crippen LogP contribution >= 0.6 is 22.9 Å². The van der Waals surface area contributed by atoms with Gasteiger partial charge in [0.25, 0.3) is 0 Å². The molecule has 1 N–H and O–H groups in total. The zero-order chi connectivity index (χ0) is 22.9. The Balaban J connectivity index is 1.65. The van der Waals surface area contributed by atoms with Crippen LogP contribution in [0.25, 0.3) is 27.8 Å². The van der Waals surface area contributed by atoms with Crippen LogP contribution < -0.4 is 10.9 Å². The molecule has 32 heavy (non-hydrogen) atoms. The van der Waals surface area contributed by atoms with Crippen molar-refractivity contribution in [3.63, 3.8) is 0 Å². The molecule has 0 radical (unpaired) electrons. The molecule has 0 bridgehead atoms. The number of thiazole rings is 1. The van der Waals surface area contributed by atoms with Gasteiger partial charge in [-0.2, -0.15) is 18.4 Å². The van der Waals surface area contributed by atoms with Gasteiger partial charge in [0.05, 0.1) is 27.5 Å². The van der Waals surface area contributed by atoms with Crippen molar-refractivity contribution in [3.8, 4) is 17.3 Å². The Morgan fingerprint density at radius 2 is 2.00 bits per heavy atom. The first-order valence-corrected chi connectivity index (χ1v) is 10.2. The van der Waals surface area contributed by atoms with E-state index in [1.165, 1.54) is 6.20 Å². The molecule has 4 rings (SSSR count). The summed E-state index contributed by atoms with van der Waals surface area (Å²) >= 11 is 7.07. The van der Waals surface area contributed by atoms with E-state index < -0.39 is 17.4 Å². The summed E-state index contributed by atoms with van der Waals surface area (Å²) in [7, 11) is 0. The lowest BCUT2D eigenvalue weighted by Crippen LogP contribution is -2.05. The first kappa shape index (κ1) is 21.6. The second-order valence-electron chi connectivity index (χ2n) is 6.53. The molecule has 0 aliphatic carbocycles. The summed E-state index contributed by atoms with van der Waals surface area (Å²) in [6, 6.07) is 13.4. The minimum Gasteiger partial charge on any atom is -0.422 e. The third-order valence-electron chi connectivity index (χ3n) is 4.44. The van der Waals surface area contributed by atoms with Crippen molar-refractivity contribution in [1.82, 2.24) is 4.98 Å². The number of benzene rings is 2. The van der Waals surface area contributed by atoms with Crippen LogP contribution in [0, 0.1) is 11.3 Å². The molecule has 0 aliphatic rings. The van der Waals surface area contributed by atoms with Crippen molar-refractivity contribution in [3.05, 3.63) is 86.1 Å². The van der Waals surface area contributed by atoms with E-state index in [4.69, 9.17) is 16.0 Å². The molecular weight excluding hydrogens is 463 g/mol. The van der Waals surface area contributed by atoms with Gasteiger partial charge in [0.2, 0.25) is 0 Å². The highest BCUT2D eigenvalue weighted by molar-refractivity contribution is 7.11. The highest BCUT2D eigenvalue weighted by Gasteiger charge is 2.30. The largest absolute Gasteiger partial charge is 0.422 e. The Bertz CT molecular complexity index is 1450. The molecule has 5 nitrogen and oxygen atoms in total. The number of nitriles is 1. The molecule has 2 aromatic carbocycles. The third-order valence-corrected chi connectivity index (χ3v) is 5.64. The van der Waals surface area contributed by atoms with E-state index in [1.807, 2.05) is 6.07 Å². The summed E-state index contributed by atoms with van der Waals surface area (Å²) in [5.74, 6) is 0. The second kappa shape index (κ2) is 8.49. The zero-order valence-electron chi connectivity index (χ0n) is 15.9. The SMILES string of the molecule is N#CC(=CNc1cc(C(F)(F)F)ccc1Cl)c1nc(-c2cc3ccccc3oc2=O)cs1. The Morgan fingerprint density at radius 3 is 2.75 bits per heavy atom. The van der Waals surface area contributed by atoms with Gasteiger partial charge in [0, 0.05) is 17.0 Å². The summed E-state index contributed by atoms with van der Waals surface area (Å²) in [5.41, 5.74) is -0.412. The van der Waals surface area contributed by atoms with Gasteiger partial charge in [0.1, 0.15) is 22.2 Å². The Hall–Kier alpha value is -3.61. The molecule has 2 heterocycles. The molecule has 0 saturated carbocycles. The zero-order valence-corrected chi connectivity index (χ0v) is 17.5. The van der Waals surface area contributed by atoms with Crippen molar-refractivity contribution in [2.75, 3.05) is 5.32 Å². The first-order valence-electron chi connectivity index (χ1n) is 8.99. The average molecular weight is 474 g/mol. The number of fused-ring (bicyclic) bond motifs is 1. The molecule has 4 aromatic rings. The van der Waals surface area contributed by atoms with Crippen molar-refractivity contribution in [2.45, 2.75) is 6.18 Å². The number of halogens is 4. The van der Waals surface area contributed by atoms with Crippen molar-refractivity contribution in [2.24, 2.45) is 0 Å². The highest BCUT2D eigenvalue weighted by Crippen LogP contribution is 2.34. The summed E-state index contributed by atoms with van der Waals surface area (Å²) in [5, 5.41) is 14.8. The molecule has 0 unspecified atom stereocenters. The minimum atomic E-state index is -4.53. The number of nitrogens with one attached hydrogen (secondary N) is 1. The fraction of sp³-hybridized carbons (Fsp3) is 0.0455. The van der Waals surface area contributed by atoms with Crippen LogP contribution in [0.4, 0.5) is 18.9 Å². The Kier molecular flexibility index (Phi) is 5.74. The van der Waals surface area contributed by atoms with Gasteiger partial charge >= 0.3 is 11.8 Å². The number of nitrogens with zero attached hydrogens (tertiary/aromatic N) is 2. The fourth-order valence-electron chi connectivity index (χ4n) is 2.87. The molecule has 0 atom stereocenters. The van der Waals surface area contributed by atoms with Crippen LogP contribution in [-0.4, -0.2) is 4.98 Å². The van der Waals surface area contributed by atoms with Gasteiger partial charge in [-0.15, -0.1) is 11.3 Å². The normalized spacial score (nSPS) is 12.0. The lowest BCUT2D eigenvalue weighted by atomic mass is 10.1. The van der Waals surface area contributed by atoms with Crippen LogP contribution in [0.5, 0.6) is 0 Å². The van der Waals surface area contributed by atoms with Gasteiger partial charge in [-0.05, 0) is 30.3 Å². The van der Waals surface area contributed by atoms with E-state index in [0.29, 0.717) is 16.7 Å². The van der Waals surface area contributed by atoms with Crippen molar-refractivity contribution < 1.29 is 17.6 Å². The predicted octanol–water partition coefficient (Wildman–Crippen LogP) is 6.57. The topological polar surface area (TPSA) is 78.9 Å². The third kappa shape index (κ3) is 4.37. The van der Waals surface area contributed by atoms with Crippen LogP contribution in [0.15, 0.2) is 69.3 Å². The number of para-hydroxylation sites is 1. The quantitative estimate of drug-likeness (QED) is 0.268. The lowest BCUT2D eigenvalue weighted by molar-refractivity contribution is -0.137. The van der Waals surface area contributed by atoms with E-state index in [9.17, 15) is 23.2 Å². The van der Waals surface area contributed by atoms with Gasteiger partial charge < -0.3 is 9.73 Å². The summed E-state index contributed by atoms with van der Waals surface area (Å²) in [6.45, 7) is 0. The molecular formula is C22H11ClF3N3O2S. The number of hydrogen-bond acceptors (Lipinski definition) is 6. The fourth-order valence-corrected chi connectivity index (χ4v) is 3.82. The maximum absolute atomic E-state index is 12.9. The van der Waals surface area contributed by atoms with E-state index in [2.05, 4.69) is 10.3 Å². The number of anilines is 1. The Morgan fingerprint density at radius 1 is 1.22 bits per heavy atom. The smallest absolute Gasteiger partial charge is 0.416 e. The molecule has 2 aromatic heterocycles. The molecule has 0 saturated heterocycles. The Labute approximate surface area is 188 Å². The van der Waals surface area contributed by atoms with Crippen LogP contribution in [0.1, 0.15) is 10.6 Å². The van der Waals surface area contributed by atoms with Gasteiger partial charge in [-0.1, -0.05) is 29.8 Å². The van der Waals surface area contributed by atoms with Gasteiger partial charge in [-0.25, -0.2) is 9.78 Å². The van der Waals surface area contributed by atoms with Crippen LogP contribution in [0.2, 0.25) is 5.02 Å².